The molecule has 1 aliphatic rings. The predicted molar refractivity (Wildman–Crippen MR) is 100 cm³/mol. The fraction of sp³-hybridized carbons (Fsp3) is 0.222. The molecule has 0 bridgehead atoms. The van der Waals surface area contributed by atoms with Gasteiger partial charge in [0.05, 0.1) is 21.8 Å². The molecule has 0 aromatic heterocycles. The molecule has 26 heavy (non-hydrogen) atoms. The summed E-state index contributed by atoms with van der Waals surface area (Å²) in [6, 6.07) is 11.7. The summed E-state index contributed by atoms with van der Waals surface area (Å²) in [6.07, 6.45) is 0. The van der Waals surface area contributed by atoms with Gasteiger partial charge < -0.3 is 10.6 Å². The normalized spacial score (nSPS) is 17.0. The molecule has 0 radical (unpaired) electrons. The Balaban J connectivity index is 1.74. The lowest BCUT2D eigenvalue weighted by atomic mass is 10.0. The third-order valence-electron chi connectivity index (χ3n) is 4.20. The minimum absolute atomic E-state index is 0.0348. The van der Waals surface area contributed by atoms with Gasteiger partial charge in [0.1, 0.15) is 0 Å². The lowest BCUT2D eigenvalue weighted by molar-refractivity contribution is -0.384. The number of hydrogen-bond donors (Lipinski definition) is 2. The van der Waals surface area contributed by atoms with E-state index >= 15 is 0 Å². The van der Waals surface area contributed by atoms with Crippen LogP contribution in [0.25, 0.3) is 0 Å². The molecule has 2 aromatic rings. The van der Waals surface area contributed by atoms with E-state index in [-0.39, 0.29) is 17.5 Å². The second-order valence-electron chi connectivity index (χ2n) is 6.06. The van der Waals surface area contributed by atoms with Crippen molar-refractivity contribution in [3.8, 4) is 0 Å². The van der Waals surface area contributed by atoms with E-state index in [9.17, 15) is 19.7 Å². The number of non-ortho nitro benzene ring substituents is 1. The van der Waals surface area contributed by atoms with Crippen molar-refractivity contribution in [3.05, 3.63) is 58.1 Å². The smallest absolute Gasteiger partial charge is 0.269 e. The molecule has 134 valence electrons. The summed E-state index contributed by atoms with van der Waals surface area (Å²) in [5.41, 5.74) is 1.80. The van der Waals surface area contributed by atoms with Crippen LogP contribution in [0.4, 0.5) is 17.1 Å². The van der Waals surface area contributed by atoms with Crippen LogP contribution in [0.3, 0.4) is 0 Å². The second kappa shape index (κ2) is 7.17. The highest BCUT2D eigenvalue weighted by molar-refractivity contribution is 8.01. The lowest BCUT2D eigenvalue weighted by Crippen LogP contribution is -2.39. The van der Waals surface area contributed by atoms with Crippen molar-refractivity contribution in [1.82, 2.24) is 0 Å². The van der Waals surface area contributed by atoms with Crippen LogP contribution in [0.15, 0.2) is 47.4 Å². The monoisotopic (exact) mass is 371 g/mol. The zero-order valence-corrected chi connectivity index (χ0v) is 15.0. The number of benzene rings is 2. The molecule has 0 fully saturated rings. The van der Waals surface area contributed by atoms with Gasteiger partial charge in [0.2, 0.25) is 11.8 Å². The second-order valence-corrected chi connectivity index (χ2v) is 7.24. The average molecular weight is 371 g/mol. The highest BCUT2D eigenvalue weighted by atomic mass is 32.2. The largest absolute Gasteiger partial charge is 0.326 e. The molecular weight excluding hydrogens is 354 g/mol. The first-order chi connectivity index (χ1) is 12.4. The van der Waals surface area contributed by atoms with Crippen LogP contribution in [-0.4, -0.2) is 22.0 Å². The number of carbonyl (C=O) groups is 2. The minimum atomic E-state index is -0.581. The van der Waals surface area contributed by atoms with Crippen LogP contribution in [0.2, 0.25) is 0 Å². The number of rotatable bonds is 4. The number of nitrogens with zero attached hydrogens (tertiary/aromatic N) is 1. The number of nitro benzene ring substituents is 1. The zero-order valence-electron chi connectivity index (χ0n) is 14.2. The Labute approximate surface area is 154 Å². The maximum atomic E-state index is 12.6. The van der Waals surface area contributed by atoms with E-state index in [0.717, 1.165) is 10.6 Å². The molecule has 0 saturated heterocycles. The SMILES string of the molecule is Cc1cc([N+](=O)[O-])ccc1NC(=O)C(C)C1Sc2ccccc2NC1=O. The molecule has 7 nitrogen and oxygen atoms in total. The highest BCUT2D eigenvalue weighted by Gasteiger charge is 2.35. The molecule has 0 spiro atoms. The van der Waals surface area contributed by atoms with Crippen LogP contribution < -0.4 is 10.6 Å². The number of carbonyl (C=O) groups excluding carboxylic acids is 2. The zero-order chi connectivity index (χ0) is 18.8. The van der Waals surface area contributed by atoms with Crippen molar-refractivity contribution >= 4 is 40.6 Å². The number of amides is 2. The number of hydrogen-bond acceptors (Lipinski definition) is 5. The van der Waals surface area contributed by atoms with Crippen LogP contribution in [-0.2, 0) is 9.59 Å². The first-order valence-electron chi connectivity index (χ1n) is 7.99. The summed E-state index contributed by atoms with van der Waals surface area (Å²) in [6.45, 7) is 3.38. The topological polar surface area (TPSA) is 101 Å². The van der Waals surface area contributed by atoms with Gasteiger partial charge in [-0.15, -0.1) is 11.8 Å². The third-order valence-corrected chi connectivity index (χ3v) is 5.69. The van der Waals surface area contributed by atoms with E-state index in [2.05, 4.69) is 10.6 Å². The van der Waals surface area contributed by atoms with Gasteiger partial charge >= 0.3 is 0 Å². The standard InChI is InChI=1S/C18H17N3O4S/c1-10-9-12(21(24)25)7-8-13(10)19-17(22)11(2)16-18(23)20-14-5-3-4-6-15(14)26-16/h3-9,11,16H,1-2H3,(H,19,22)(H,20,23). The van der Waals surface area contributed by atoms with E-state index in [1.54, 1.807) is 13.8 Å². The van der Waals surface area contributed by atoms with Gasteiger partial charge in [-0.25, -0.2) is 0 Å². The molecule has 1 heterocycles. The quantitative estimate of drug-likeness (QED) is 0.632. The number of aryl methyl sites for hydroxylation is 1. The summed E-state index contributed by atoms with van der Waals surface area (Å²) in [5.74, 6) is -1.10. The first kappa shape index (κ1) is 17.9. The van der Waals surface area contributed by atoms with Gasteiger partial charge in [-0.3, -0.25) is 19.7 Å². The highest BCUT2D eigenvalue weighted by Crippen LogP contribution is 2.38. The summed E-state index contributed by atoms with van der Waals surface area (Å²) in [7, 11) is 0. The average Bonchev–Trinajstić information content (AvgIpc) is 2.62. The molecule has 2 amide bonds. The number of nitrogens with one attached hydrogen (secondary N) is 2. The van der Waals surface area contributed by atoms with Crippen molar-refractivity contribution in [1.29, 1.82) is 0 Å². The number of nitro groups is 1. The summed E-state index contributed by atoms with van der Waals surface area (Å²) in [5, 5.41) is 15.8. The Bertz CT molecular complexity index is 900. The molecule has 3 rings (SSSR count). The predicted octanol–water partition coefficient (Wildman–Crippen LogP) is 3.59. The van der Waals surface area contributed by atoms with Gasteiger partial charge in [0.25, 0.3) is 5.69 Å². The molecule has 2 atom stereocenters. The Morgan fingerprint density at radius 3 is 2.73 bits per heavy atom. The van der Waals surface area contributed by atoms with E-state index in [0.29, 0.717) is 11.3 Å². The van der Waals surface area contributed by atoms with Crippen LogP contribution >= 0.6 is 11.8 Å². The van der Waals surface area contributed by atoms with Crippen molar-refractivity contribution in [3.63, 3.8) is 0 Å². The van der Waals surface area contributed by atoms with E-state index < -0.39 is 16.1 Å². The molecule has 8 heteroatoms. The van der Waals surface area contributed by atoms with Gasteiger partial charge in [-0.05, 0) is 30.7 Å². The van der Waals surface area contributed by atoms with Gasteiger partial charge in [0.15, 0.2) is 0 Å². The molecule has 2 unspecified atom stereocenters. The maximum Gasteiger partial charge on any atom is 0.269 e. The van der Waals surface area contributed by atoms with Gasteiger partial charge in [-0.1, -0.05) is 19.1 Å². The van der Waals surface area contributed by atoms with E-state index in [4.69, 9.17) is 0 Å². The Kier molecular flexibility index (Phi) is 4.94. The number of para-hydroxylation sites is 1. The number of thioether (sulfide) groups is 1. The first-order valence-corrected chi connectivity index (χ1v) is 8.87. The Morgan fingerprint density at radius 1 is 1.31 bits per heavy atom. The summed E-state index contributed by atoms with van der Waals surface area (Å²) < 4.78 is 0. The van der Waals surface area contributed by atoms with Crippen molar-refractivity contribution in [2.75, 3.05) is 10.6 Å². The number of fused-ring (bicyclic) bond motifs is 1. The molecule has 2 N–H and O–H groups in total. The van der Waals surface area contributed by atoms with Gasteiger partial charge in [-0.2, -0.15) is 0 Å². The molecular formula is C18H17N3O4S. The molecule has 0 aliphatic carbocycles. The lowest BCUT2D eigenvalue weighted by Gasteiger charge is -2.27. The molecule has 0 saturated carbocycles. The van der Waals surface area contributed by atoms with Crippen molar-refractivity contribution in [2.45, 2.75) is 24.0 Å². The fourth-order valence-corrected chi connectivity index (χ4v) is 3.85. The molecule has 1 aliphatic heterocycles. The van der Waals surface area contributed by atoms with E-state index in [1.807, 2.05) is 24.3 Å². The Hall–Kier alpha value is -2.87. The van der Waals surface area contributed by atoms with Gasteiger partial charge in [0, 0.05) is 22.7 Å². The van der Waals surface area contributed by atoms with Crippen molar-refractivity contribution < 1.29 is 14.5 Å². The van der Waals surface area contributed by atoms with Crippen LogP contribution in [0.5, 0.6) is 0 Å². The minimum Gasteiger partial charge on any atom is -0.326 e. The molecule has 2 aromatic carbocycles. The van der Waals surface area contributed by atoms with Crippen molar-refractivity contribution in [2.24, 2.45) is 5.92 Å². The van der Waals surface area contributed by atoms with Crippen LogP contribution in [0.1, 0.15) is 12.5 Å². The number of anilines is 2. The third kappa shape index (κ3) is 3.55. The summed E-state index contributed by atoms with van der Waals surface area (Å²) in [4.78, 5) is 36.2. The Morgan fingerprint density at radius 2 is 2.04 bits per heavy atom. The van der Waals surface area contributed by atoms with Crippen LogP contribution in [0, 0.1) is 23.0 Å². The fourth-order valence-electron chi connectivity index (χ4n) is 2.68. The van der Waals surface area contributed by atoms with E-state index in [1.165, 1.54) is 30.0 Å². The summed E-state index contributed by atoms with van der Waals surface area (Å²) >= 11 is 1.36. The maximum absolute atomic E-state index is 12.6.